The molecule has 0 radical (unpaired) electrons. The van der Waals surface area contributed by atoms with Gasteiger partial charge in [0.15, 0.2) is 0 Å². The van der Waals surface area contributed by atoms with Crippen molar-refractivity contribution in [1.29, 1.82) is 0 Å². The number of nitrogens with zero attached hydrogens (tertiary/aromatic N) is 1. The molecule has 1 fully saturated rings. The van der Waals surface area contributed by atoms with Gasteiger partial charge in [0.2, 0.25) is 0 Å². The van der Waals surface area contributed by atoms with E-state index in [1.807, 2.05) is 6.92 Å². The van der Waals surface area contributed by atoms with Gasteiger partial charge in [-0.2, -0.15) is 0 Å². The predicted octanol–water partition coefficient (Wildman–Crippen LogP) is 2.21. The molecular weight excluding hydrogens is 301 g/mol. The molecule has 5 nitrogen and oxygen atoms in total. The van der Waals surface area contributed by atoms with Crippen LogP contribution in [-0.4, -0.2) is 46.2 Å². The lowest BCUT2D eigenvalue weighted by Crippen LogP contribution is -2.56. The number of amides is 1. The van der Waals surface area contributed by atoms with Crippen molar-refractivity contribution in [2.45, 2.75) is 39.2 Å². The number of hydrogen-bond acceptors (Lipinski definition) is 3. The van der Waals surface area contributed by atoms with Crippen molar-refractivity contribution in [1.82, 2.24) is 4.90 Å². The molecule has 0 bridgehead atoms. The lowest BCUT2D eigenvalue weighted by Gasteiger charge is -2.42. The Hall–Kier alpha value is -1.95. The SMILES string of the molecule is CCC[C@]1(C(=O)O)CCN(C(=O)c2ccc(F)cc2C)C[C@@H]1O. The predicted molar refractivity (Wildman–Crippen MR) is 82.6 cm³/mol. The fourth-order valence-electron chi connectivity index (χ4n) is 3.29. The van der Waals surface area contributed by atoms with Crippen molar-refractivity contribution in [2.75, 3.05) is 13.1 Å². The Balaban J connectivity index is 2.19. The van der Waals surface area contributed by atoms with E-state index in [2.05, 4.69) is 0 Å². The third kappa shape index (κ3) is 3.22. The van der Waals surface area contributed by atoms with Crippen LogP contribution in [0.5, 0.6) is 0 Å². The third-order valence-corrected chi connectivity index (χ3v) is 4.69. The van der Waals surface area contributed by atoms with Crippen LogP contribution in [0.2, 0.25) is 0 Å². The maximum atomic E-state index is 13.2. The normalized spacial score (nSPS) is 24.5. The van der Waals surface area contributed by atoms with Gasteiger partial charge in [-0.3, -0.25) is 9.59 Å². The number of aliphatic carboxylic acids is 1. The van der Waals surface area contributed by atoms with E-state index in [1.165, 1.54) is 23.1 Å². The van der Waals surface area contributed by atoms with Gasteiger partial charge in [-0.15, -0.1) is 0 Å². The molecule has 1 aliphatic rings. The molecular formula is C17H22FNO4. The summed E-state index contributed by atoms with van der Waals surface area (Å²) in [4.78, 5) is 25.6. The van der Waals surface area contributed by atoms with Crippen molar-refractivity contribution < 1.29 is 24.2 Å². The molecule has 1 aromatic carbocycles. The fourth-order valence-corrected chi connectivity index (χ4v) is 3.29. The quantitative estimate of drug-likeness (QED) is 0.890. The van der Waals surface area contributed by atoms with E-state index >= 15 is 0 Å². The average Bonchev–Trinajstić information content (AvgIpc) is 2.48. The van der Waals surface area contributed by atoms with Crippen LogP contribution >= 0.6 is 0 Å². The largest absolute Gasteiger partial charge is 0.481 e. The molecule has 2 atom stereocenters. The number of aliphatic hydroxyl groups excluding tert-OH is 1. The van der Waals surface area contributed by atoms with Crippen LogP contribution in [0.4, 0.5) is 4.39 Å². The van der Waals surface area contributed by atoms with E-state index in [1.54, 1.807) is 6.92 Å². The minimum atomic E-state index is -1.19. The summed E-state index contributed by atoms with van der Waals surface area (Å²) in [7, 11) is 0. The van der Waals surface area contributed by atoms with Crippen LogP contribution in [0.3, 0.4) is 0 Å². The number of piperidine rings is 1. The van der Waals surface area contributed by atoms with Gasteiger partial charge in [0.25, 0.3) is 5.91 Å². The standard InChI is InChI=1S/C17H22FNO4/c1-3-6-17(16(22)23)7-8-19(10-14(17)20)15(21)13-5-4-12(18)9-11(13)2/h4-5,9,14,20H,3,6-8,10H2,1-2H3,(H,22,23)/t14-,17-/m0/s1. The Kier molecular flexibility index (Phi) is 5.04. The Labute approximate surface area is 134 Å². The van der Waals surface area contributed by atoms with E-state index in [0.717, 1.165) is 0 Å². The van der Waals surface area contributed by atoms with Gasteiger partial charge < -0.3 is 15.1 Å². The van der Waals surface area contributed by atoms with Crippen molar-refractivity contribution in [3.63, 3.8) is 0 Å². The van der Waals surface area contributed by atoms with Gasteiger partial charge in [0.05, 0.1) is 11.5 Å². The van der Waals surface area contributed by atoms with Gasteiger partial charge >= 0.3 is 5.97 Å². The summed E-state index contributed by atoms with van der Waals surface area (Å²) in [5, 5.41) is 19.9. The van der Waals surface area contributed by atoms with E-state index in [4.69, 9.17) is 0 Å². The highest BCUT2D eigenvalue weighted by atomic mass is 19.1. The topological polar surface area (TPSA) is 77.8 Å². The zero-order valence-electron chi connectivity index (χ0n) is 13.4. The zero-order chi connectivity index (χ0) is 17.2. The van der Waals surface area contributed by atoms with Crippen molar-refractivity contribution in [2.24, 2.45) is 5.41 Å². The van der Waals surface area contributed by atoms with Gasteiger partial charge in [-0.05, 0) is 43.5 Å². The van der Waals surface area contributed by atoms with Crippen molar-refractivity contribution >= 4 is 11.9 Å². The molecule has 2 N–H and O–H groups in total. The van der Waals surface area contributed by atoms with Gasteiger partial charge in [-0.1, -0.05) is 13.3 Å². The number of benzene rings is 1. The Morgan fingerprint density at radius 3 is 2.65 bits per heavy atom. The summed E-state index contributed by atoms with van der Waals surface area (Å²) in [6, 6.07) is 3.93. The molecule has 1 heterocycles. The first-order valence-electron chi connectivity index (χ1n) is 7.78. The highest BCUT2D eigenvalue weighted by Crippen LogP contribution is 2.37. The molecule has 1 aliphatic heterocycles. The van der Waals surface area contributed by atoms with E-state index in [-0.39, 0.29) is 25.4 Å². The van der Waals surface area contributed by atoms with Crippen LogP contribution < -0.4 is 0 Å². The summed E-state index contributed by atoms with van der Waals surface area (Å²) in [6.07, 6.45) is 0.122. The summed E-state index contributed by atoms with van der Waals surface area (Å²) in [6.45, 7) is 3.76. The summed E-state index contributed by atoms with van der Waals surface area (Å²) < 4.78 is 13.2. The number of β-amino-alcohol motifs (C(OH)–C–C–N with tert-alkyl or cyclic N) is 1. The highest BCUT2D eigenvalue weighted by molar-refractivity contribution is 5.96. The van der Waals surface area contributed by atoms with Crippen molar-refractivity contribution in [3.05, 3.63) is 35.1 Å². The molecule has 1 amide bonds. The molecule has 0 aromatic heterocycles. The summed E-state index contributed by atoms with van der Waals surface area (Å²) in [5.74, 6) is -1.74. The molecule has 0 unspecified atom stereocenters. The molecule has 0 aliphatic carbocycles. The smallest absolute Gasteiger partial charge is 0.312 e. The minimum Gasteiger partial charge on any atom is -0.481 e. The number of rotatable bonds is 4. The second-order valence-electron chi connectivity index (χ2n) is 6.19. The molecule has 1 saturated heterocycles. The number of aryl methyl sites for hydroxylation is 1. The number of carboxylic acids is 1. The number of hydrogen-bond donors (Lipinski definition) is 2. The monoisotopic (exact) mass is 323 g/mol. The van der Waals surface area contributed by atoms with Crippen LogP contribution in [0, 0.1) is 18.2 Å². The second kappa shape index (κ2) is 6.66. The number of halogens is 1. The number of carbonyl (C=O) groups is 2. The number of aliphatic hydroxyl groups is 1. The van der Waals surface area contributed by atoms with Gasteiger partial charge in [0, 0.05) is 18.7 Å². The first kappa shape index (κ1) is 17.4. The van der Waals surface area contributed by atoms with Crippen molar-refractivity contribution in [3.8, 4) is 0 Å². The third-order valence-electron chi connectivity index (χ3n) is 4.69. The first-order chi connectivity index (χ1) is 10.8. The lowest BCUT2D eigenvalue weighted by atomic mass is 9.72. The van der Waals surface area contributed by atoms with Crippen LogP contribution in [0.1, 0.15) is 42.1 Å². The number of carbonyl (C=O) groups excluding carboxylic acids is 1. The first-order valence-corrected chi connectivity index (χ1v) is 7.78. The van der Waals surface area contributed by atoms with E-state index < -0.39 is 23.3 Å². The summed E-state index contributed by atoms with van der Waals surface area (Å²) in [5.41, 5.74) is -0.298. The highest BCUT2D eigenvalue weighted by Gasteiger charge is 2.48. The Morgan fingerprint density at radius 1 is 1.43 bits per heavy atom. The Morgan fingerprint density at radius 2 is 2.13 bits per heavy atom. The van der Waals surface area contributed by atoms with Gasteiger partial charge in [-0.25, -0.2) is 4.39 Å². The zero-order valence-corrected chi connectivity index (χ0v) is 13.4. The van der Waals surface area contributed by atoms with E-state index in [0.29, 0.717) is 24.0 Å². The molecule has 0 spiro atoms. The second-order valence-corrected chi connectivity index (χ2v) is 6.19. The van der Waals surface area contributed by atoms with Crippen LogP contribution in [-0.2, 0) is 4.79 Å². The van der Waals surface area contributed by atoms with E-state index in [9.17, 15) is 24.2 Å². The van der Waals surface area contributed by atoms with Gasteiger partial charge in [0.1, 0.15) is 5.82 Å². The molecule has 2 rings (SSSR count). The summed E-state index contributed by atoms with van der Waals surface area (Å²) >= 11 is 0. The molecule has 23 heavy (non-hydrogen) atoms. The maximum absolute atomic E-state index is 13.2. The number of likely N-dealkylation sites (tertiary alicyclic amines) is 1. The molecule has 6 heteroatoms. The van der Waals surface area contributed by atoms with Crippen LogP contribution in [0.15, 0.2) is 18.2 Å². The molecule has 126 valence electrons. The average molecular weight is 323 g/mol. The maximum Gasteiger partial charge on any atom is 0.312 e. The molecule has 1 aromatic rings. The molecule has 0 saturated carbocycles. The lowest BCUT2D eigenvalue weighted by molar-refractivity contribution is -0.162. The minimum absolute atomic E-state index is 0.0258. The number of carboxylic acid groups (broad SMARTS) is 1. The van der Waals surface area contributed by atoms with Crippen LogP contribution in [0.25, 0.3) is 0 Å². The fraction of sp³-hybridized carbons (Fsp3) is 0.529. The Bertz CT molecular complexity index is 619.